The summed E-state index contributed by atoms with van der Waals surface area (Å²) in [5.74, 6) is 1.33. The average molecular weight is 274 g/mol. The fourth-order valence-electron chi connectivity index (χ4n) is 3.65. The Kier molecular flexibility index (Phi) is 3.48. The smallest absolute Gasteiger partial charge is 0.306 e. The number of rotatable bonds is 2. The number of hydrogen-bond acceptors (Lipinski definition) is 3. The lowest BCUT2D eigenvalue weighted by molar-refractivity contribution is -0.142. The number of carboxylic acid groups (broad SMARTS) is 1. The number of carbonyl (C=O) groups is 1. The molecule has 1 aromatic rings. The summed E-state index contributed by atoms with van der Waals surface area (Å²) in [5, 5.41) is 9.17. The molecule has 1 N–H and O–H groups in total. The number of aryl methyl sites for hydroxylation is 2. The molecule has 1 fully saturated rings. The first-order valence-electron chi connectivity index (χ1n) is 7.63. The molecule has 1 saturated carbocycles. The van der Waals surface area contributed by atoms with E-state index in [-0.39, 0.29) is 5.92 Å². The number of aliphatic carboxylic acids is 1. The Morgan fingerprint density at radius 3 is 2.70 bits per heavy atom. The van der Waals surface area contributed by atoms with E-state index in [4.69, 9.17) is 9.97 Å². The van der Waals surface area contributed by atoms with Crippen LogP contribution < -0.4 is 0 Å². The average Bonchev–Trinajstić information content (AvgIpc) is 2.85. The van der Waals surface area contributed by atoms with Crippen LogP contribution in [0.1, 0.15) is 61.3 Å². The van der Waals surface area contributed by atoms with Crippen LogP contribution >= 0.6 is 0 Å². The van der Waals surface area contributed by atoms with Crippen LogP contribution in [-0.4, -0.2) is 21.0 Å². The molecule has 4 heteroatoms. The second kappa shape index (κ2) is 5.15. The fourth-order valence-corrected chi connectivity index (χ4v) is 3.65. The maximum absolute atomic E-state index is 11.1. The highest BCUT2D eigenvalue weighted by atomic mass is 16.4. The van der Waals surface area contributed by atoms with Gasteiger partial charge in [0.15, 0.2) is 0 Å². The Bertz CT molecular complexity index is 542. The number of hydrogen-bond donors (Lipinski definition) is 1. The van der Waals surface area contributed by atoms with Crippen molar-refractivity contribution in [2.24, 2.45) is 11.8 Å². The summed E-state index contributed by atoms with van der Waals surface area (Å²) >= 11 is 0. The Morgan fingerprint density at radius 1 is 1.25 bits per heavy atom. The molecule has 3 atom stereocenters. The van der Waals surface area contributed by atoms with Crippen molar-refractivity contribution in [2.45, 2.75) is 58.3 Å². The third-order valence-corrected chi connectivity index (χ3v) is 4.91. The van der Waals surface area contributed by atoms with Crippen LogP contribution in [0.2, 0.25) is 0 Å². The summed E-state index contributed by atoms with van der Waals surface area (Å²) in [6.07, 6.45) is 5.74. The van der Waals surface area contributed by atoms with Gasteiger partial charge in [-0.1, -0.05) is 6.92 Å². The van der Waals surface area contributed by atoms with Gasteiger partial charge in [-0.15, -0.1) is 0 Å². The first kappa shape index (κ1) is 13.5. The van der Waals surface area contributed by atoms with Crippen LogP contribution in [0.15, 0.2) is 0 Å². The van der Waals surface area contributed by atoms with Crippen molar-refractivity contribution in [3.8, 4) is 0 Å². The molecule has 1 aromatic heterocycles. The predicted octanol–water partition coefficient (Wildman–Crippen LogP) is 2.88. The van der Waals surface area contributed by atoms with E-state index in [0.29, 0.717) is 18.8 Å². The molecule has 0 aliphatic heterocycles. The molecule has 2 aliphatic rings. The summed E-state index contributed by atoms with van der Waals surface area (Å²) in [4.78, 5) is 20.6. The minimum atomic E-state index is -0.691. The largest absolute Gasteiger partial charge is 0.481 e. The zero-order chi connectivity index (χ0) is 14.3. The first-order valence-corrected chi connectivity index (χ1v) is 7.63. The summed E-state index contributed by atoms with van der Waals surface area (Å²) in [5.41, 5.74) is 3.18. The van der Waals surface area contributed by atoms with E-state index < -0.39 is 5.97 Å². The molecule has 3 rings (SSSR count). The maximum atomic E-state index is 11.1. The summed E-state index contributed by atoms with van der Waals surface area (Å²) < 4.78 is 0. The fraction of sp³-hybridized carbons (Fsp3) is 0.688. The van der Waals surface area contributed by atoms with Gasteiger partial charge >= 0.3 is 5.97 Å². The standard InChI is InChI=1S/C16H22N2O2/c1-9-3-4-11(7-9)15-17-10(2)13-8-12(16(19)20)5-6-14(13)18-15/h9,11-12H,3-8H2,1-2H3,(H,19,20). The highest BCUT2D eigenvalue weighted by Crippen LogP contribution is 2.37. The molecule has 0 spiro atoms. The lowest BCUT2D eigenvalue weighted by Gasteiger charge is -2.23. The van der Waals surface area contributed by atoms with Gasteiger partial charge in [-0.05, 0) is 56.9 Å². The van der Waals surface area contributed by atoms with Gasteiger partial charge in [0.25, 0.3) is 0 Å². The van der Waals surface area contributed by atoms with E-state index in [2.05, 4.69) is 6.92 Å². The van der Waals surface area contributed by atoms with Crippen molar-refractivity contribution in [3.63, 3.8) is 0 Å². The number of fused-ring (bicyclic) bond motifs is 1. The van der Waals surface area contributed by atoms with E-state index >= 15 is 0 Å². The molecule has 0 bridgehead atoms. The molecule has 2 aliphatic carbocycles. The van der Waals surface area contributed by atoms with Gasteiger partial charge < -0.3 is 5.11 Å². The topological polar surface area (TPSA) is 63.1 Å². The molecule has 108 valence electrons. The van der Waals surface area contributed by atoms with Crippen molar-refractivity contribution >= 4 is 5.97 Å². The molecule has 4 nitrogen and oxygen atoms in total. The van der Waals surface area contributed by atoms with E-state index in [9.17, 15) is 9.90 Å². The van der Waals surface area contributed by atoms with Gasteiger partial charge in [0.05, 0.1) is 5.92 Å². The van der Waals surface area contributed by atoms with Crippen molar-refractivity contribution < 1.29 is 9.90 Å². The number of nitrogens with zero attached hydrogens (tertiary/aromatic N) is 2. The molecule has 20 heavy (non-hydrogen) atoms. The van der Waals surface area contributed by atoms with Crippen LogP contribution in [0, 0.1) is 18.8 Å². The van der Waals surface area contributed by atoms with Gasteiger partial charge in [-0.3, -0.25) is 4.79 Å². The van der Waals surface area contributed by atoms with Gasteiger partial charge in [0.1, 0.15) is 5.82 Å². The Labute approximate surface area is 119 Å². The van der Waals surface area contributed by atoms with Gasteiger partial charge in [0.2, 0.25) is 0 Å². The highest BCUT2D eigenvalue weighted by Gasteiger charge is 2.30. The van der Waals surface area contributed by atoms with Gasteiger partial charge in [0, 0.05) is 17.3 Å². The molecule has 1 heterocycles. The van der Waals surface area contributed by atoms with Crippen molar-refractivity contribution in [1.29, 1.82) is 0 Å². The highest BCUT2D eigenvalue weighted by molar-refractivity contribution is 5.71. The van der Waals surface area contributed by atoms with Crippen LogP contribution in [-0.2, 0) is 17.6 Å². The minimum Gasteiger partial charge on any atom is -0.481 e. The van der Waals surface area contributed by atoms with Crippen molar-refractivity contribution in [2.75, 3.05) is 0 Å². The van der Waals surface area contributed by atoms with E-state index in [1.54, 1.807) is 0 Å². The molecule has 0 radical (unpaired) electrons. The van der Waals surface area contributed by atoms with E-state index in [1.165, 1.54) is 19.3 Å². The number of aromatic nitrogens is 2. The first-order chi connectivity index (χ1) is 9.54. The molecule has 3 unspecified atom stereocenters. The number of carboxylic acids is 1. The van der Waals surface area contributed by atoms with Gasteiger partial charge in [-0.25, -0.2) is 9.97 Å². The molecule has 0 amide bonds. The zero-order valence-electron chi connectivity index (χ0n) is 12.2. The SMILES string of the molecule is Cc1nc(C2CCC(C)C2)nc2c1CC(C(=O)O)CC2. The lowest BCUT2D eigenvalue weighted by Crippen LogP contribution is -2.25. The Balaban J connectivity index is 1.88. The van der Waals surface area contributed by atoms with Crippen molar-refractivity contribution in [3.05, 3.63) is 22.8 Å². The summed E-state index contributed by atoms with van der Waals surface area (Å²) in [6.45, 7) is 4.30. The predicted molar refractivity (Wildman–Crippen MR) is 75.7 cm³/mol. The molecule has 0 aromatic carbocycles. The van der Waals surface area contributed by atoms with Crippen molar-refractivity contribution in [1.82, 2.24) is 9.97 Å². The van der Waals surface area contributed by atoms with E-state index in [1.807, 2.05) is 6.92 Å². The Morgan fingerprint density at radius 2 is 2.05 bits per heavy atom. The zero-order valence-corrected chi connectivity index (χ0v) is 12.2. The summed E-state index contributed by atoms with van der Waals surface area (Å²) in [6, 6.07) is 0. The summed E-state index contributed by atoms with van der Waals surface area (Å²) in [7, 11) is 0. The molecular weight excluding hydrogens is 252 g/mol. The van der Waals surface area contributed by atoms with Crippen LogP contribution in [0.5, 0.6) is 0 Å². The third-order valence-electron chi connectivity index (χ3n) is 4.91. The molecular formula is C16H22N2O2. The van der Waals surface area contributed by atoms with Gasteiger partial charge in [-0.2, -0.15) is 0 Å². The third kappa shape index (κ3) is 2.43. The second-order valence-corrected chi connectivity index (χ2v) is 6.49. The normalized spacial score (nSPS) is 29.2. The molecule has 0 saturated heterocycles. The van der Waals surface area contributed by atoms with Crippen LogP contribution in [0.25, 0.3) is 0 Å². The second-order valence-electron chi connectivity index (χ2n) is 6.49. The quantitative estimate of drug-likeness (QED) is 0.900. The minimum absolute atomic E-state index is 0.262. The van der Waals surface area contributed by atoms with E-state index in [0.717, 1.165) is 35.1 Å². The van der Waals surface area contributed by atoms with Crippen LogP contribution in [0.4, 0.5) is 0 Å². The lowest BCUT2D eigenvalue weighted by atomic mass is 9.85. The maximum Gasteiger partial charge on any atom is 0.306 e. The van der Waals surface area contributed by atoms with Crippen LogP contribution in [0.3, 0.4) is 0 Å². The monoisotopic (exact) mass is 274 g/mol. The Hall–Kier alpha value is -1.45.